The Labute approximate surface area is 228 Å². The van der Waals surface area contributed by atoms with E-state index in [0.717, 1.165) is 22.3 Å². The minimum absolute atomic E-state index is 0.0741. The maximum Gasteiger partial charge on any atom is 0.335 e. The van der Waals surface area contributed by atoms with Gasteiger partial charge in [0.2, 0.25) is 0 Å². The molecule has 0 saturated heterocycles. The van der Waals surface area contributed by atoms with E-state index in [9.17, 15) is 18.0 Å². The Hall–Kier alpha value is -3.02. The highest BCUT2D eigenvalue weighted by Gasteiger charge is 2.36. The Morgan fingerprint density at radius 3 is 2.34 bits per heavy atom. The molecule has 11 heteroatoms. The molecule has 2 aromatic carbocycles. The molecule has 1 unspecified atom stereocenters. The third-order valence-electron chi connectivity index (χ3n) is 5.64. The van der Waals surface area contributed by atoms with Gasteiger partial charge in [-0.2, -0.15) is 8.42 Å². The number of benzene rings is 2. The summed E-state index contributed by atoms with van der Waals surface area (Å²) in [6.45, 7) is 5.49. The van der Waals surface area contributed by atoms with E-state index in [0.29, 0.717) is 36.6 Å². The molecule has 0 fully saturated rings. The highest BCUT2D eigenvalue weighted by Crippen LogP contribution is 2.44. The van der Waals surface area contributed by atoms with Gasteiger partial charge in [-0.25, -0.2) is 4.79 Å². The Balaban J connectivity index is 0.000000423. The number of esters is 1. The molecular weight excluding hydrogens is 534 g/mol. The number of hydrogen-bond acceptors (Lipinski definition) is 8. The van der Waals surface area contributed by atoms with Crippen molar-refractivity contribution < 1.29 is 36.8 Å². The third-order valence-corrected chi connectivity index (χ3v) is 6.85. The molecule has 9 nitrogen and oxygen atoms in total. The Morgan fingerprint density at radius 1 is 1.13 bits per heavy atom. The first kappa shape index (κ1) is 31.2. The number of rotatable bonds is 11. The molecule has 1 aliphatic carbocycles. The van der Waals surface area contributed by atoms with Crippen molar-refractivity contribution in [1.82, 2.24) is 0 Å². The molecule has 38 heavy (non-hydrogen) atoms. The predicted molar refractivity (Wildman–Crippen MR) is 143 cm³/mol. The summed E-state index contributed by atoms with van der Waals surface area (Å²) in [7, 11) is -4.00. The summed E-state index contributed by atoms with van der Waals surface area (Å²) in [4.78, 5) is 23.7. The van der Waals surface area contributed by atoms with Crippen molar-refractivity contribution in [2.75, 3.05) is 33.0 Å². The Morgan fingerprint density at radius 2 is 1.79 bits per heavy atom. The smallest absolute Gasteiger partial charge is 0.335 e. The molecule has 0 amide bonds. The SMILES string of the molecule is CCOC(=O)C1=C(COCCN)CC(C)=C(COC=O)C1c1ccccc1Cl.O=S(=O)(O)c1ccccc1. The zero-order valence-electron chi connectivity index (χ0n) is 21.3. The van der Waals surface area contributed by atoms with Gasteiger partial charge in [0.25, 0.3) is 16.6 Å². The lowest BCUT2D eigenvalue weighted by molar-refractivity contribution is -0.138. The lowest BCUT2D eigenvalue weighted by Crippen LogP contribution is -2.26. The maximum absolute atomic E-state index is 12.9. The predicted octanol–water partition coefficient (Wildman–Crippen LogP) is 4.09. The fourth-order valence-electron chi connectivity index (χ4n) is 4.01. The van der Waals surface area contributed by atoms with Gasteiger partial charge in [-0.3, -0.25) is 9.35 Å². The van der Waals surface area contributed by atoms with Gasteiger partial charge in [0.05, 0.1) is 30.3 Å². The van der Waals surface area contributed by atoms with E-state index in [1.807, 2.05) is 25.1 Å². The van der Waals surface area contributed by atoms with Crippen LogP contribution in [0.3, 0.4) is 0 Å². The third kappa shape index (κ3) is 8.78. The first-order chi connectivity index (χ1) is 18.1. The fraction of sp³-hybridized carbons (Fsp3) is 0.333. The topological polar surface area (TPSA) is 142 Å². The molecule has 3 rings (SSSR count). The highest BCUT2D eigenvalue weighted by molar-refractivity contribution is 7.85. The molecule has 0 saturated carbocycles. The van der Waals surface area contributed by atoms with Gasteiger partial charge in [0, 0.05) is 17.5 Å². The van der Waals surface area contributed by atoms with E-state index in [2.05, 4.69) is 0 Å². The molecule has 0 aliphatic heterocycles. The first-order valence-electron chi connectivity index (χ1n) is 11.8. The van der Waals surface area contributed by atoms with Gasteiger partial charge in [-0.05, 0) is 55.2 Å². The van der Waals surface area contributed by atoms with Crippen LogP contribution in [0.25, 0.3) is 0 Å². The molecule has 0 radical (unpaired) electrons. The second-order valence-electron chi connectivity index (χ2n) is 8.21. The minimum Gasteiger partial charge on any atom is -0.463 e. The van der Waals surface area contributed by atoms with Crippen LogP contribution in [-0.4, -0.2) is 58.4 Å². The summed E-state index contributed by atoms with van der Waals surface area (Å²) in [5, 5.41) is 0.523. The summed E-state index contributed by atoms with van der Waals surface area (Å²) in [5.74, 6) is -0.896. The van der Waals surface area contributed by atoms with E-state index in [-0.39, 0.29) is 24.7 Å². The fourth-order valence-corrected chi connectivity index (χ4v) is 4.75. The number of allylic oxidation sites excluding steroid dienone is 1. The number of hydrogen-bond donors (Lipinski definition) is 2. The van der Waals surface area contributed by atoms with Gasteiger partial charge in [-0.15, -0.1) is 0 Å². The minimum atomic E-state index is -4.00. The lowest BCUT2D eigenvalue weighted by atomic mass is 9.75. The normalized spacial score (nSPS) is 15.4. The second kappa shape index (κ2) is 15.4. The van der Waals surface area contributed by atoms with Crippen molar-refractivity contribution in [3.8, 4) is 0 Å². The van der Waals surface area contributed by atoms with Gasteiger partial charge in [0.1, 0.15) is 6.61 Å². The summed E-state index contributed by atoms with van der Waals surface area (Å²) in [5.41, 5.74) is 9.42. The quantitative estimate of drug-likeness (QED) is 0.135. The molecule has 3 N–H and O–H groups in total. The van der Waals surface area contributed by atoms with Gasteiger partial charge < -0.3 is 19.9 Å². The van der Waals surface area contributed by atoms with Gasteiger partial charge in [-0.1, -0.05) is 53.6 Å². The number of carbonyl (C=O) groups excluding carboxylic acids is 2. The van der Waals surface area contributed by atoms with E-state index in [1.165, 1.54) is 12.1 Å². The largest absolute Gasteiger partial charge is 0.463 e. The average molecular weight is 566 g/mol. The van der Waals surface area contributed by atoms with Crippen molar-refractivity contribution in [1.29, 1.82) is 0 Å². The second-order valence-corrected chi connectivity index (χ2v) is 10.0. The molecule has 2 aromatic rings. The maximum atomic E-state index is 12.9. The summed E-state index contributed by atoms with van der Waals surface area (Å²) >= 11 is 6.47. The summed E-state index contributed by atoms with van der Waals surface area (Å²) in [6.07, 6.45) is 0.525. The first-order valence-corrected chi connectivity index (χ1v) is 13.6. The van der Waals surface area contributed by atoms with Crippen LogP contribution in [-0.2, 0) is 33.9 Å². The summed E-state index contributed by atoms with van der Waals surface area (Å²) < 4.78 is 45.3. The van der Waals surface area contributed by atoms with Crippen LogP contribution in [0.5, 0.6) is 0 Å². The van der Waals surface area contributed by atoms with E-state index in [4.69, 9.17) is 36.1 Å². The van der Waals surface area contributed by atoms with Crippen LogP contribution in [0.15, 0.2) is 81.8 Å². The van der Waals surface area contributed by atoms with Gasteiger partial charge in [0.15, 0.2) is 0 Å². The van der Waals surface area contributed by atoms with Crippen molar-refractivity contribution in [3.63, 3.8) is 0 Å². The monoisotopic (exact) mass is 565 g/mol. The molecule has 1 atom stereocenters. The molecule has 1 aliphatic rings. The van der Waals surface area contributed by atoms with Crippen LogP contribution in [0.4, 0.5) is 0 Å². The van der Waals surface area contributed by atoms with Crippen LogP contribution in [0, 0.1) is 0 Å². The average Bonchev–Trinajstić information content (AvgIpc) is 2.89. The van der Waals surface area contributed by atoms with Crippen molar-refractivity contribution in [2.24, 2.45) is 5.73 Å². The van der Waals surface area contributed by atoms with Crippen molar-refractivity contribution >= 4 is 34.2 Å². The number of ether oxygens (including phenoxy) is 3. The molecule has 206 valence electrons. The van der Waals surface area contributed by atoms with Crippen LogP contribution < -0.4 is 5.73 Å². The van der Waals surface area contributed by atoms with Crippen LogP contribution >= 0.6 is 11.6 Å². The molecular formula is C27H32ClNO8S. The van der Waals surface area contributed by atoms with E-state index >= 15 is 0 Å². The standard InChI is InChI=1S/C21H26ClNO5.C6H6O3S/c1-3-28-21(25)19-15(11-26-9-8-23)10-14(2)17(12-27-13-24)20(19)16-6-4-5-7-18(16)22;7-10(8,9)6-4-2-1-3-5-6/h4-7,13,20H,3,8-12,23H2,1-2H3;1-5H,(H,7,8,9). The van der Waals surface area contributed by atoms with Crippen LogP contribution in [0.2, 0.25) is 5.02 Å². The molecule has 0 bridgehead atoms. The zero-order valence-corrected chi connectivity index (χ0v) is 22.8. The van der Waals surface area contributed by atoms with Crippen molar-refractivity contribution in [3.05, 3.63) is 87.5 Å². The van der Waals surface area contributed by atoms with Crippen molar-refractivity contribution in [2.45, 2.75) is 31.1 Å². The number of carbonyl (C=O) groups is 2. The molecule has 0 aromatic heterocycles. The van der Waals surface area contributed by atoms with E-state index in [1.54, 1.807) is 31.2 Å². The van der Waals surface area contributed by atoms with Crippen LogP contribution in [0.1, 0.15) is 31.7 Å². The lowest BCUT2D eigenvalue weighted by Gasteiger charge is -2.32. The van der Waals surface area contributed by atoms with Gasteiger partial charge >= 0.3 is 5.97 Å². The number of halogens is 1. The Bertz CT molecular complexity index is 1260. The highest BCUT2D eigenvalue weighted by atomic mass is 35.5. The number of nitrogens with two attached hydrogens (primary N) is 1. The van der Waals surface area contributed by atoms with E-state index < -0.39 is 22.0 Å². The molecule has 0 spiro atoms. The summed E-state index contributed by atoms with van der Waals surface area (Å²) in [6, 6.07) is 14.7. The zero-order chi connectivity index (χ0) is 28.1. The Kier molecular flexibility index (Phi) is 12.6. The molecule has 0 heterocycles.